The van der Waals surface area contributed by atoms with Crippen LogP contribution in [0.5, 0.6) is 11.5 Å². The first-order valence-corrected chi connectivity index (χ1v) is 19.2. The number of ether oxygens (including phenoxy) is 1. The van der Waals surface area contributed by atoms with Crippen LogP contribution < -0.4 is 4.74 Å². The molecule has 0 atom stereocenters. The van der Waals surface area contributed by atoms with Crippen LogP contribution in [0.2, 0.25) is 0 Å². The number of hydrogen-bond acceptors (Lipinski definition) is 3. The highest BCUT2D eigenvalue weighted by Gasteiger charge is 2.51. The van der Waals surface area contributed by atoms with Gasteiger partial charge in [-0.05, 0) is 56.3 Å². The van der Waals surface area contributed by atoms with Crippen LogP contribution in [0.1, 0.15) is 22.3 Å². The maximum Gasteiger partial charge on any atom is 0.160 e. The summed E-state index contributed by atoms with van der Waals surface area (Å²) in [6.45, 7) is 0. The number of para-hydroxylation sites is 1. The minimum atomic E-state index is -0.560. The molecular weight excluding hydrogens is 681 g/mol. The van der Waals surface area contributed by atoms with Gasteiger partial charge in [0.1, 0.15) is 11.5 Å². The molecule has 1 spiro atoms. The van der Waals surface area contributed by atoms with Crippen molar-refractivity contribution in [2.75, 3.05) is 0 Å². The van der Waals surface area contributed by atoms with Crippen molar-refractivity contribution >= 4 is 32.4 Å². The fraction of sp³-hybridized carbons (Fsp3) is 0.0189. The van der Waals surface area contributed by atoms with Crippen LogP contribution in [0, 0.1) is 0 Å². The lowest BCUT2D eigenvalue weighted by Gasteiger charge is -2.40. The Kier molecular flexibility index (Phi) is 6.55. The van der Waals surface area contributed by atoms with E-state index in [4.69, 9.17) is 14.7 Å². The number of hydrogen-bond donors (Lipinski definition) is 0. The molecule has 10 aromatic rings. The molecule has 260 valence electrons. The van der Waals surface area contributed by atoms with Gasteiger partial charge in [0.05, 0.1) is 16.6 Å². The quantitative estimate of drug-likeness (QED) is 0.183. The second kappa shape index (κ2) is 11.8. The molecule has 3 nitrogen and oxygen atoms in total. The van der Waals surface area contributed by atoms with E-state index in [9.17, 15) is 0 Å². The Balaban J connectivity index is 1.04. The molecule has 0 saturated heterocycles. The van der Waals surface area contributed by atoms with Gasteiger partial charge >= 0.3 is 0 Å². The molecule has 0 saturated carbocycles. The van der Waals surface area contributed by atoms with Crippen LogP contribution in [0.3, 0.4) is 0 Å². The molecule has 0 amide bonds. The predicted octanol–water partition coefficient (Wildman–Crippen LogP) is 13.4. The van der Waals surface area contributed by atoms with E-state index in [-0.39, 0.29) is 0 Å². The first kappa shape index (κ1) is 31.0. The number of fused-ring (bicyclic) bond motifs is 14. The molecule has 0 bridgehead atoms. The SMILES string of the molecule is c1ccc(-c2nc(-c3ccc(-c4ccc5c(c4)-c4ccccc4C54c5ccc6ccccc6c5Oc5c4ccc4ccccc54)cc3)c3ccccc3n2)cc1. The summed E-state index contributed by atoms with van der Waals surface area (Å²) in [7, 11) is 0. The van der Waals surface area contributed by atoms with Crippen LogP contribution in [0.4, 0.5) is 0 Å². The largest absolute Gasteiger partial charge is 0.455 e. The van der Waals surface area contributed by atoms with Crippen molar-refractivity contribution in [1.29, 1.82) is 0 Å². The van der Waals surface area contributed by atoms with Gasteiger partial charge in [0, 0.05) is 38.4 Å². The van der Waals surface area contributed by atoms with Crippen molar-refractivity contribution < 1.29 is 4.74 Å². The molecule has 12 rings (SSSR count). The number of nitrogens with zero attached hydrogens (tertiary/aromatic N) is 2. The topological polar surface area (TPSA) is 35.0 Å². The van der Waals surface area contributed by atoms with Crippen LogP contribution in [0.25, 0.3) is 77.3 Å². The van der Waals surface area contributed by atoms with E-state index in [1.807, 2.05) is 24.3 Å². The molecular formula is C53H32N2O. The minimum absolute atomic E-state index is 0.560. The molecule has 0 N–H and O–H groups in total. The molecule has 1 aliphatic carbocycles. The van der Waals surface area contributed by atoms with Gasteiger partial charge in [-0.3, -0.25) is 0 Å². The van der Waals surface area contributed by atoms with Crippen LogP contribution >= 0.6 is 0 Å². The summed E-state index contributed by atoms with van der Waals surface area (Å²) in [5.74, 6) is 2.59. The standard InChI is InChI=1S/C53H32N2O/c1-2-14-37(15-3-1)52-54-48-21-11-9-19-42(48)49(55-52)36-24-22-33(23-25-36)38-28-29-45-43(32-38)41-18-8-10-20-44(41)53(45)46-30-26-34-12-4-6-16-39(34)50(46)56-51-40-17-7-5-13-35(40)27-31-47(51)53/h1-32H. The molecule has 9 aromatic carbocycles. The highest BCUT2D eigenvalue weighted by Crippen LogP contribution is 2.64. The van der Waals surface area contributed by atoms with Crippen molar-refractivity contribution in [3.05, 3.63) is 216 Å². The van der Waals surface area contributed by atoms with Crippen molar-refractivity contribution in [3.63, 3.8) is 0 Å². The first-order chi connectivity index (χ1) is 27.8. The minimum Gasteiger partial charge on any atom is -0.455 e. The number of rotatable bonds is 3. The zero-order valence-electron chi connectivity index (χ0n) is 30.3. The average Bonchev–Trinajstić information content (AvgIpc) is 3.56. The van der Waals surface area contributed by atoms with Crippen LogP contribution in [-0.4, -0.2) is 9.97 Å². The van der Waals surface area contributed by atoms with E-state index < -0.39 is 5.41 Å². The van der Waals surface area contributed by atoms with E-state index in [0.717, 1.165) is 61.4 Å². The lowest BCUT2D eigenvalue weighted by molar-refractivity contribution is 0.447. The van der Waals surface area contributed by atoms with Crippen molar-refractivity contribution in [2.24, 2.45) is 0 Å². The van der Waals surface area contributed by atoms with E-state index >= 15 is 0 Å². The molecule has 0 unspecified atom stereocenters. The van der Waals surface area contributed by atoms with Gasteiger partial charge in [0.15, 0.2) is 5.82 Å². The van der Waals surface area contributed by atoms with Crippen molar-refractivity contribution in [3.8, 4) is 56.4 Å². The Labute approximate surface area is 324 Å². The van der Waals surface area contributed by atoms with E-state index in [1.54, 1.807) is 0 Å². The van der Waals surface area contributed by atoms with Gasteiger partial charge in [-0.2, -0.15) is 0 Å². The highest BCUT2D eigenvalue weighted by atomic mass is 16.5. The summed E-state index contributed by atoms with van der Waals surface area (Å²) in [6.07, 6.45) is 0. The Morgan fingerprint density at radius 2 is 0.911 bits per heavy atom. The molecule has 0 fully saturated rings. The van der Waals surface area contributed by atoms with Crippen molar-refractivity contribution in [1.82, 2.24) is 9.97 Å². The average molecular weight is 713 g/mol. The Hall–Kier alpha value is -7.36. The summed E-state index contributed by atoms with van der Waals surface area (Å²) in [6, 6.07) is 69.6. The number of aromatic nitrogens is 2. The third kappa shape index (κ3) is 4.34. The fourth-order valence-electron chi connectivity index (χ4n) is 9.42. The molecule has 1 aromatic heterocycles. The maximum absolute atomic E-state index is 7.11. The summed E-state index contributed by atoms with van der Waals surface area (Å²) < 4.78 is 7.11. The smallest absolute Gasteiger partial charge is 0.160 e. The van der Waals surface area contributed by atoms with Crippen LogP contribution in [-0.2, 0) is 5.41 Å². The van der Waals surface area contributed by atoms with Gasteiger partial charge in [-0.15, -0.1) is 0 Å². The highest BCUT2D eigenvalue weighted by molar-refractivity contribution is 6.00. The summed E-state index contributed by atoms with van der Waals surface area (Å²) >= 11 is 0. The lowest BCUT2D eigenvalue weighted by Crippen LogP contribution is -2.32. The maximum atomic E-state index is 7.11. The fourth-order valence-corrected chi connectivity index (χ4v) is 9.42. The molecule has 0 radical (unpaired) electrons. The zero-order valence-corrected chi connectivity index (χ0v) is 30.3. The summed E-state index contributed by atoms with van der Waals surface area (Å²) in [5.41, 5.74) is 13.1. The molecule has 3 heteroatoms. The van der Waals surface area contributed by atoms with Gasteiger partial charge in [0.25, 0.3) is 0 Å². The Morgan fingerprint density at radius 3 is 1.64 bits per heavy atom. The number of benzene rings is 9. The second-order valence-corrected chi connectivity index (χ2v) is 14.8. The normalized spacial score (nSPS) is 13.3. The van der Waals surface area contributed by atoms with Gasteiger partial charge in [0.2, 0.25) is 0 Å². The van der Waals surface area contributed by atoms with Gasteiger partial charge in [-0.25, -0.2) is 9.97 Å². The second-order valence-electron chi connectivity index (χ2n) is 14.8. The summed E-state index contributed by atoms with van der Waals surface area (Å²) in [5, 5.41) is 5.62. The lowest BCUT2D eigenvalue weighted by atomic mass is 9.65. The first-order valence-electron chi connectivity index (χ1n) is 19.2. The predicted molar refractivity (Wildman–Crippen MR) is 228 cm³/mol. The third-order valence-electron chi connectivity index (χ3n) is 11.9. The summed E-state index contributed by atoms with van der Waals surface area (Å²) in [4.78, 5) is 10.0. The van der Waals surface area contributed by atoms with Gasteiger partial charge < -0.3 is 4.74 Å². The Bertz CT molecular complexity index is 3140. The molecule has 2 heterocycles. The monoisotopic (exact) mass is 712 g/mol. The van der Waals surface area contributed by atoms with E-state index in [2.05, 4.69) is 170 Å². The Morgan fingerprint density at radius 1 is 0.357 bits per heavy atom. The van der Waals surface area contributed by atoms with Gasteiger partial charge in [-0.1, -0.05) is 182 Å². The van der Waals surface area contributed by atoms with Crippen LogP contribution in [0.15, 0.2) is 194 Å². The molecule has 1 aliphatic heterocycles. The van der Waals surface area contributed by atoms with E-state index in [1.165, 1.54) is 49.7 Å². The van der Waals surface area contributed by atoms with E-state index in [0.29, 0.717) is 0 Å². The molecule has 56 heavy (non-hydrogen) atoms. The zero-order chi connectivity index (χ0) is 36.8. The molecule has 2 aliphatic rings. The third-order valence-corrected chi connectivity index (χ3v) is 11.9. The van der Waals surface area contributed by atoms with Crippen molar-refractivity contribution in [2.45, 2.75) is 5.41 Å².